The highest BCUT2D eigenvalue weighted by atomic mass is 32.2. The lowest BCUT2D eigenvalue weighted by Gasteiger charge is -2.42. The third-order valence-corrected chi connectivity index (χ3v) is 10.8. The van der Waals surface area contributed by atoms with Gasteiger partial charge in [0.15, 0.2) is 0 Å². The molecule has 0 spiro atoms. The number of imide groups is 1. The maximum Gasteiger partial charge on any atom is 0.305 e. The van der Waals surface area contributed by atoms with E-state index < -0.39 is 5.97 Å². The van der Waals surface area contributed by atoms with Crippen molar-refractivity contribution in [3.05, 3.63) is 36.9 Å². The van der Waals surface area contributed by atoms with Gasteiger partial charge in [-0.1, -0.05) is 17.4 Å². The average molecular weight is 463 g/mol. The molecule has 6 rings (SSSR count). The van der Waals surface area contributed by atoms with Gasteiger partial charge in [-0.25, -0.2) is 0 Å². The monoisotopic (exact) mass is 462 g/mol. The number of carboxylic acid groups (broad SMARTS) is 1. The van der Waals surface area contributed by atoms with Crippen LogP contribution in [0.25, 0.3) is 0 Å². The molecule has 2 aromatic heterocycles. The first-order valence-electron chi connectivity index (χ1n) is 9.95. The third-order valence-electron chi connectivity index (χ3n) is 7.21. The zero-order valence-electron chi connectivity index (χ0n) is 15.6. The van der Waals surface area contributed by atoms with E-state index in [1.807, 2.05) is 11.4 Å². The van der Waals surface area contributed by atoms with Gasteiger partial charge in [0.25, 0.3) is 0 Å². The number of thioether (sulfide) groups is 1. The molecule has 1 saturated heterocycles. The molecule has 7 nitrogen and oxygen atoms in total. The van der Waals surface area contributed by atoms with Gasteiger partial charge in [0.1, 0.15) is 0 Å². The Morgan fingerprint density at radius 1 is 1.20 bits per heavy atom. The molecule has 30 heavy (non-hydrogen) atoms. The van der Waals surface area contributed by atoms with Crippen LogP contribution in [0, 0.1) is 29.6 Å². The number of thiazole rings is 1. The number of amides is 2. The lowest BCUT2D eigenvalue weighted by Crippen LogP contribution is -2.42. The molecular formula is C20H18N2O5S3. The first kappa shape index (κ1) is 18.8. The van der Waals surface area contributed by atoms with E-state index in [1.165, 1.54) is 21.1 Å². The van der Waals surface area contributed by atoms with E-state index in [-0.39, 0.29) is 70.4 Å². The van der Waals surface area contributed by atoms with Crippen LogP contribution in [0.15, 0.2) is 27.3 Å². The van der Waals surface area contributed by atoms with Crippen molar-refractivity contribution in [1.29, 1.82) is 0 Å². The van der Waals surface area contributed by atoms with E-state index >= 15 is 0 Å². The van der Waals surface area contributed by atoms with E-state index in [1.54, 1.807) is 23.1 Å². The average Bonchev–Trinajstić information content (AvgIpc) is 3.48. The van der Waals surface area contributed by atoms with Crippen LogP contribution in [-0.2, 0) is 14.4 Å². The number of H-pyrrole nitrogens is 1. The second-order valence-corrected chi connectivity index (χ2v) is 11.6. The number of carbonyl (C=O) groups is 3. The van der Waals surface area contributed by atoms with Crippen molar-refractivity contribution < 1.29 is 19.5 Å². The van der Waals surface area contributed by atoms with Crippen LogP contribution in [0.1, 0.15) is 28.5 Å². The number of nitrogens with one attached hydrogen (secondary N) is 1. The number of carboxylic acids is 1. The number of rotatable bonds is 4. The SMILES string of the molecule is O=C(O)CCN1C(=O)[C@@H]2[C@H]3C[C@@H]([C@H]4Sc5[nH]c(=O)sc5[C@H](c5cccs5)[C@@H]34)[C@H]2C1=O. The highest BCUT2D eigenvalue weighted by Gasteiger charge is 2.69. The fraction of sp³-hybridized carbons (Fsp3) is 0.500. The zero-order chi connectivity index (χ0) is 20.7. The standard InChI is InChI=1S/C20H18N2O5S3/c23-10(24)3-4-22-18(25)12-7-6-8(13(12)19(22)26)15-11(7)14(9-2-1-5-28-9)16-17(29-15)21-20(27)30-16/h1-2,5,7-8,11-15H,3-4,6H2,(H,21,27)(H,23,24)/t7-,8+,11+,12+,13+,14+,15+/m0/s1. The second kappa shape index (κ2) is 6.54. The lowest BCUT2D eigenvalue weighted by atomic mass is 9.69. The van der Waals surface area contributed by atoms with Crippen molar-refractivity contribution in [2.24, 2.45) is 29.6 Å². The summed E-state index contributed by atoms with van der Waals surface area (Å²) in [5.74, 6) is -1.65. The molecule has 2 aliphatic heterocycles. The summed E-state index contributed by atoms with van der Waals surface area (Å²) in [6.45, 7) is -0.0447. The van der Waals surface area contributed by atoms with Crippen LogP contribution in [0.3, 0.4) is 0 Å². The van der Waals surface area contributed by atoms with Crippen LogP contribution in [0.5, 0.6) is 0 Å². The van der Waals surface area contributed by atoms with Gasteiger partial charge in [-0.3, -0.25) is 24.1 Å². The summed E-state index contributed by atoms with van der Waals surface area (Å²) < 4.78 is 0. The topological polar surface area (TPSA) is 108 Å². The van der Waals surface area contributed by atoms with Crippen LogP contribution in [0.4, 0.5) is 0 Å². The fourth-order valence-electron chi connectivity index (χ4n) is 6.29. The number of aromatic amines is 1. The summed E-state index contributed by atoms with van der Waals surface area (Å²) in [6, 6.07) is 4.11. The minimum atomic E-state index is -1.01. The molecule has 2 amide bonds. The number of thiophene rings is 1. The molecule has 2 saturated carbocycles. The molecular weight excluding hydrogens is 444 g/mol. The van der Waals surface area contributed by atoms with E-state index in [2.05, 4.69) is 11.1 Å². The summed E-state index contributed by atoms with van der Waals surface area (Å²) in [7, 11) is 0. The largest absolute Gasteiger partial charge is 0.481 e. The van der Waals surface area contributed by atoms with Crippen molar-refractivity contribution in [1.82, 2.24) is 9.88 Å². The van der Waals surface area contributed by atoms with Gasteiger partial charge in [0, 0.05) is 27.5 Å². The summed E-state index contributed by atoms with van der Waals surface area (Å²) in [6.07, 6.45) is 0.632. The smallest absolute Gasteiger partial charge is 0.305 e. The molecule has 0 radical (unpaired) electrons. The van der Waals surface area contributed by atoms with Gasteiger partial charge in [-0.2, -0.15) is 0 Å². The molecule has 2 aromatic rings. The van der Waals surface area contributed by atoms with Crippen molar-refractivity contribution >= 4 is 52.2 Å². The first-order chi connectivity index (χ1) is 14.5. The predicted octanol–water partition coefficient (Wildman–Crippen LogP) is 2.45. The van der Waals surface area contributed by atoms with Gasteiger partial charge in [0.2, 0.25) is 11.8 Å². The van der Waals surface area contributed by atoms with E-state index in [0.29, 0.717) is 0 Å². The van der Waals surface area contributed by atoms with Crippen molar-refractivity contribution in [3.8, 4) is 0 Å². The molecule has 10 heteroatoms. The van der Waals surface area contributed by atoms with Crippen LogP contribution in [0.2, 0.25) is 0 Å². The number of nitrogens with zero attached hydrogens (tertiary/aromatic N) is 1. The van der Waals surface area contributed by atoms with Crippen LogP contribution >= 0.6 is 34.4 Å². The number of fused-ring (bicyclic) bond motifs is 9. The Morgan fingerprint density at radius 2 is 1.97 bits per heavy atom. The fourth-order valence-corrected chi connectivity index (χ4v) is 10.1. The maximum absolute atomic E-state index is 13.2. The van der Waals surface area contributed by atoms with Crippen molar-refractivity contribution in [2.45, 2.75) is 29.0 Å². The number of aromatic nitrogens is 1. The maximum atomic E-state index is 13.2. The number of hydrogen-bond acceptors (Lipinski definition) is 7. The Bertz CT molecular complexity index is 1120. The summed E-state index contributed by atoms with van der Waals surface area (Å²) in [4.78, 5) is 55.7. The quantitative estimate of drug-likeness (QED) is 0.676. The minimum Gasteiger partial charge on any atom is -0.481 e. The second-order valence-electron chi connectivity index (χ2n) is 8.45. The van der Waals surface area contributed by atoms with Gasteiger partial charge in [-0.05, 0) is 35.6 Å². The number of hydrogen-bond donors (Lipinski definition) is 2. The summed E-state index contributed by atoms with van der Waals surface area (Å²) >= 11 is 4.60. The Balaban J connectivity index is 1.40. The van der Waals surface area contributed by atoms with E-state index in [9.17, 15) is 19.2 Å². The molecule has 0 unspecified atom stereocenters. The molecule has 156 valence electrons. The number of carbonyl (C=O) groups excluding carboxylic acids is 2. The molecule has 2 N–H and O–H groups in total. The Morgan fingerprint density at radius 3 is 2.67 bits per heavy atom. The predicted molar refractivity (Wildman–Crippen MR) is 112 cm³/mol. The molecule has 4 aliphatic rings. The highest BCUT2D eigenvalue weighted by Crippen LogP contribution is 2.68. The number of aliphatic carboxylic acids is 1. The Labute approximate surface area is 183 Å². The normalized spacial score (nSPS) is 36.1. The van der Waals surface area contributed by atoms with Gasteiger partial charge >= 0.3 is 10.8 Å². The van der Waals surface area contributed by atoms with E-state index in [4.69, 9.17) is 5.11 Å². The molecule has 4 heterocycles. The van der Waals surface area contributed by atoms with Gasteiger partial charge in [-0.15, -0.1) is 23.1 Å². The lowest BCUT2D eigenvalue weighted by molar-refractivity contribution is -0.142. The van der Waals surface area contributed by atoms with Crippen LogP contribution in [-0.4, -0.2) is 44.6 Å². The highest BCUT2D eigenvalue weighted by molar-refractivity contribution is 8.00. The first-order valence-corrected chi connectivity index (χ1v) is 12.5. The van der Waals surface area contributed by atoms with Crippen molar-refractivity contribution in [2.75, 3.05) is 6.54 Å². The van der Waals surface area contributed by atoms with Gasteiger partial charge < -0.3 is 10.1 Å². The third kappa shape index (κ3) is 2.44. The molecule has 2 aliphatic carbocycles. The Kier molecular flexibility index (Phi) is 4.11. The molecule has 3 fully saturated rings. The molecule has 0 aromatic carbocycles. The summed E-state index contributed by atoms with van der Waals surface area (Å²) in [5.41, 5.74) is 0. The number of likely N-dealkylation sites (tertiary alicyclic amines) is 1. The zero-order valence-corrected chi connectivity index (χ0v) is 18.1. The van der Waals surface area contributed by atoms with Crippen LogP contribution < -0.4 is 4.87 Å². The summed E-state index contributed by atoms with van der Waals surface area (Å²) in [5, 5.41) is 12.1. The molecule has 2 bridgehead atoms. The Hall–Kier alpha value is -1.91. The molecule has 7 atom stereocenters. The van der Waals surface area contributed by atoms with E-state index in [0.717, 1.165) is 16.3 Å². The van der Waals surface area contributed by atoms with Gasteiger partial charge in [0.05, 0.1) is 23.3 Å². The van der Waals surface area contributed by atoms with Crippen molar-refractivity contribution in [3.63, 3.8) is 0 Å². The minimum absolute atomic E-state index is 0.0447.